The fourth-order valence-corrected chi connectivity index (χ4v) is 2.45. The molecule has 0 aliphatic rings. The van der Waals surface area contributed by atoms with E-state index >= 15 is 0 Å². The van der Waals surface area contributed by atoms with E-state index in [0.29, 0.717) is 10.7 Å². The smallest absolute Gasteiger partial charge is 0.291 e. The van der Waals surface area contributed by atoms with Gasteiger partial charge in [-0.05, 0) is 30.8 Å². The van der Waals surface area contributed by atoms with Crippen LogP contribution in [0.4, 0.5) is 5.69 Å². The van der Waals surface area contributed by atoms with Crippen molar-refractivity contribution in [3.8, 4) is 5.95 Å². The normalized spacial score (nSPS) is 12.2. The predicted molar refractivity (Wildman–Crippen MR) is 72.5 cm³/mol. The molecule has 1 amide bonds. The van der Waals surface area contributed by atoms with Crippen LogP contribution in [0.1, 0.15) is 6.92 Å². The molecule has 6 nitrogen and oxygen atoms in total. The molecule has 0 aliphatic carbocycles. The largest absolute Gasteiger partial charge is 0.538 e. The first-order valence-corrected chi connectivity index (χ1v) is 7.00. The highest BCUT2D eigenvalue weighted by atomic mass is 35.5. The molecule has 0 spiro atoms. The summed E-state index contributed by atoms with van der Waals surface area (Å²) >= 11 is 7.04. The Labute approximate surface area is 124 Å². The van der Waals surface area contributed by atoms with E-state index in [1.54, 1.807) is 38.2 Å². The maximum absolute atomic E-state index is 12.1. The molecule has 20 heavy (non-hydrogen) atoms. The van der Waals surface area contributed by atoms with Crippen molar-refractivity contribution >= 4 is 35.0 Å². The standard InChI is InChI=1S/C12H12ClN3O3S/c1-7(20-11-12(18)19-15-16(11)2)10(17)14-9-6-4-3-5-8(9)13/h3-7H,1-2H3,(H-,14,15,17,18). The van der Waals surface area contributed by atoms with Gasteiger partial charge in [-0.15, -0.1) is 0 Å². The Morgan fingerprint density at radius 3 is 2.85 bits per heavy atom. The number of hydrogen-bond acceptors (Lipinski definition) is 5. The second kappa shape index (κ2) is 6.15. The number of halogens is 1. The predicted octanol–water partition coefficient (Wildman–Crippen LogP) is 1.35. The minimum Gasteiger partial charge on any atom is -0.538 e. The van der Waals surface area contributed by atoms with Gasteiger partial charge in [0.25, 0.3) is 5.03 Å². The third-order valence-corrected chi connectivity index (χ3v) is 4.06. The van der Waals surface area contributed by atoms with Gasteiger partial charge in [0.1, 0.15) is 0 Å². The zero-order valence-corrected chi connectivity index (χ0v) is 12.4. The lowest BCUT2D eigenvalue weighted by atomic mass is 10.3. The van der Waals surface area contributed by atoms with Gasteiger partial charge in [-0.25, -0.2) is 0 Å². The van der Waals surface area contributed by atoms with Crippen LogP contribution in [-0.4, -0.2) is 16.4 Å². The molecule has 0 saturated heterocycles. The van der Waals surface area contributed by atoms with Crippen LogP contribution in [0.2, 0.25) is 5.02 Å². The minimum absolute atomic E-state index is 0.260. The van der Waals surface area contributed by atoms with E-state index in [9.17, 15) is 9.90 Å². The first-order valence-electron chi connectivity index (χ1n) is 5.74. The molecule has 1 aromatic heterocycles. The Bertz CT molecular complexity index is 613. The van der Waals surface area contributed by atoms with Crippen molar-refractivity contribution in [3.05, 3.63) is 29.3 Å². The molecule has 106 valence electrons. The van der Waals surface area contributed by atoms with Crippen LogP contribution in [0.15, 0.2) is 33.8 Å². The highest BCUT2D eigenvalue weighted by molar-refractivity contribution is 8.00. The van der Waals surface area contributed by atoms with Crippen LogP contribution < -0.4 is 15.1 Å². The van der Waals surface area contributed by atoms with Crippen LogP contribution in [-0.2, 0) is 11.8 Å². The van der Waals surface area contributed by atoms with Crippen molar-refractivity contribution in [1.29, 1.82) is 0 Å². The average molecular weight is 314 g/mol. The van der Waals surface area contributed by atoms with E-state index in [2.05, 4.69) is 15.1 Å². The minimum atomic E-state index is -0.560. The van der Waals surface area contributed by atoms with E-state index in [0.717, 1.165) is 11.8 Å². The Balaban J connectivity index is 2.05. The number of hydrogen-bond donors (Lipinski definition) is 1. The van der Waals surface area contributed by atoms with Gasteiger partial charge >= 0.3 is 0 Å². The molecule has 1 heterocycles. The third-order valence-electron chi connectivity index (χ3n) is 2.50. The van der Waals surface area contributed by atoms with Crippen LogP contribution in [0, 0.1) is 0 Å². The molecular weight excluding hydrogens is 302 g/mol. The van der Waals surface area contributed by atoms with Gasteiger partial charge < -0.3 is 14.9 Å². The summed E-state index contributed by atoms with van der Waals surface area (Å²) in [6.07, 6.45) is 0. The number of nitrogens with one attached hydrogen (secondary N) is 1. The van der Waals surface area contributed by atoms with Crippen molar-refractivity contribution in [2.24, 2.45) is 7.05 Å². The molecule has 8 heteroatoms. The second-order valence-electron chi connectivity index (χ2n) is 4.02. The van der Waals surface area contributed by atoms with Crippen LogP contribution in [0.25, 0.3) is 0 Å². The molecule has 1 atom stereocenters. The van der Waals surface area contributed by atoms with E-state index in [-0.39, 0.29) is 10.9 Å². The van der Waals surface area contributed by atoms with Crippen molar-refractivity contribution in [3.63, 3.8) is 0 Å². The lowest BCUT2D eigenvalue weighted by Crippen LogP contribution is -2.33. The lowest BCUT2D eigenvalue weighted by Gasteiger charge is -2.11. The van der Waals surface area contributed by atoms with Gasteiger partial charge in [0.05, 0.1) is 21.2 Å². The lowest BCUT2D eigenvalue weighted by molar-refractivity contribution is -0.772. The Kier molecular flexibility index (Phi) is 4.51. The first-order chi connectivity index (χ1) is 9.49. The van der Waals surface area contributed by atoms with Crippen LogP contribution in [0.5, 0.6) is 5.95 Å². The van der Waals surface area contributed by atoms with Gasteiger partial charge in [-0.2, -0.15) is 0 Å². The Morgan fingerprint density at radius 2 is 2.25 bits per heavy atom. The van der Waals surface area contributed by atoms with Crippen LogP contribution in [0.3, 0.4) is 0 Å². The topological polar surface area (TPSA) is 82.1 Å². The molecule has 0 bridgehead atoms. The van der Waals surface area contributed by atoms with Crippen molar-refractivity contribution in [2.75, 3.05) is 5.32 Å². The summed E-state index contributed by atoms with van der Waals surface area (Å²) in [4.78, 5) is 12.1. The van der Waals surface area contributed by atoms with E-state index in [1.807, 2.05) is 0 Å². The Morgan fingerprint density at radius 1 is 1.55 bits per heavy atom. The summed E-state index contributed by atoms with van der Waals surface area (Å²) in [5, 5.41) is 17.8. The number of para-hydroxylation sites is 1. The number of amides is 1. The maximum Gasteiger partial charge on any atom is 0.291 e. The summed E-state index contributed by atoms with van der Waals surface area (Å²) in [7, 11) is 1.58. The molecule has 1 aromatic carbocycles. The number of carbonyl (C=O) groups excluding carboxylic acids is 1. The molecule has 1 unspecified atom stereocenters. The number of carbonyl (C=O) groups is 1. The molecule has 2 aromatic rings. The number of aryl methyl sites for hydroxylation is 1. The summed E-state index contributed by atoms with van der Waals surface area (Å²) in [5.74, 6) is -0.821. The third kappa shape index (κ3) is 3.23. The second-order valence-corrected chi connectivity index (χ2v) is 5.76. The van der Waals surface area contributed by atoms with Gasteiger partial charge in [-0.1, -0.05) is 28.4 Å². The zero-order chi connectivity index (χ0) is 14.7. The Hall–Kier alpha value is -1.73. The summed E-state index contributed by atoms with van der Waals surface area (Å²) in [6.45, 7) is 1.68. The average Bonchev–Trinajstić information content (AvgIpc) is 2.73. The van der Waals surface area contributed by atoms with Crippen molar-refractivity contribution in [1.82, 2.24) is 5.27 Å². The molecule has 0 radical (unpaired) electrons. The number of aromatic nitrogens is 2. The monoisotopic (exact) mass is 313 g/mol. The number of thioether (sulfide) groups is 1. The molecule has 0 fully saturated rings. The number of anilines is 1. The van der Waals surface area contributed by atoms with Gasteiger partial charge in [-0.3, -0.25) is 4.79 Å². The van der Waals surface area contributed by atoms with E-state index in [4.69, 9.17) is 11.6 Å². The fraction of sp³-hybridized carbons (Fsp3) is 0.250. The van der Waals surface area contributed by atoms with Crippen LogP contribution >= 0.6 is 23.4 Å². The summed E-state index contributed by atoms with van der Waals surface area (Å²) in [6, 6.07) is 6.94. The van der Waals surface area contributed by atoms with Gasteiger partial charge in [0.2, 0.25) is 5.91 Å². The number of rotatable bonds is 4. The molecule has 0 aliphatic heterocycles. The summed E-state index contributed by atoms with van der Waals surface area (Å²) < 4.78 is 5.79. The highest BCUT2D eigenvalue weighted by Gasteiger charge is 2.23. The molecule has 2 rings (SSSR count). The number of nitrogens with zero attached hydrogens (tertiary/aromatic N) is 2. The molecule has 1 N–H and O–H groups in total. The van der Waals surface area contributed by atoms with E-state index in [1.165, 1.54) is 4.68 Å². The summed E-state index contributed by atoms with van der Waals surface area (Å²) in [5.41, 5.74) is 0.531. The highest BCUT2D eigenvalue weighted by Crippen LogP contribution is 2.27. The maximum atomic E-state index is 12.1. The molecular formula is C12H12ClN3O3S. The van der Waals surface area contributed by atoms with Crippen molar-refractivity contribution in [2.45, 2.75) is 17.2 Å². The SMILES string of the molecule is CC(Sc1c([O-])on[n+]1C)C(=O)Nc1ccccc1Cl. The first kappa shape index (κ1) is 14.7. The van der Waals surface area contributed by atoms with Crippen molar-refractivity contribution < 1.29 is 19.1 Å². The molecule has 0 saturated carbocycles. The zero-order valence-electron chi connectivity index (χ0n) is 10.8. The van der Waals surface area contributed by atoms with Gasteiger partial charge in [0.15, 0.2) is 13.0 Å². The number of benzene rings is 1. The quantitative estimate of drug-likeness (QED) is 0.680. The fourth-order valence-electron chi connectivity index (χ4n) is 1.45. The van der Waals surface area contributed by atoms with Gasteiger partial charge in [0, 0.05) is 0 Å². The van der Waals surface area contributed by atoms with E-state index < -0.39 is 11.2 Å².